The van der Waals surface area contributed by atoms with Gasteiger partial charge in [0.15, 0.2) is 0 Å². The average Bonchev–Trinajstić information content (AvgIpc) is 2.51. The third-order valence-electron chi connectivity index (χ3n) is 3.11. The van der Waals surface area contributed by atoms with Gasteiger partial charge in [-0.1, -0.05) is 0 Å². The zero-order valence-corrected chi connectivity index (χ0v) is 13.6. The maximum absolute atomic E-state index is 13.8. The second kappa shape index (κ2) is 7.35. The van der Waals surface area contributed by atoms with Crippen LogP contribution in [0.15, 0.2) is 42.7 Å². The van der Waals surface area contributed by atoms with E-state index in [0.717, 1.165) is 24.0 Å². The van der Waals surface area contributed by atoms with E-state index in [-0.39, 0.29) is 6.54 Å². The largest absolute Gasteiger partial charge is 0.350 e. The molecular weight excluding hydrogens is 340 g/mol. The molecule has 6 nitrogen and oxygen atoms in total. The van der Waals surface area contributed by atoms with Crippen LogP contribution in [-0.4, -0.2) is 32.1 Å². The molecule has 1 aromatic heterocycles. The third-order valence-corrected chi connectivity index (χ3v) is 4.23. The number of benzene rings is 1. The summed E-state index contributed by atoms with van der Waals surface area (Å²) in [6, 6.07) is 5.83. The molecule has 1 aromatic carbocycles. The SMILES string of the molecule is CS(=O)(=O)N(CC(=O)NCc1ccncc1)c1ccc(F)cc1F. The lowest BCUT2D eigenvalue weighted by atomic mass is 10.2. The molecule has 0 unspecified atom stereocenters. The standard InChI is InChI=1S/C15H15F2N3O3S/c1-24(22,23)20(14-3-2-12(16)8-13(14)17)10-15(21)19-9-11-4-6-18-7-5-11/h2-8H,9-10H2,1H3,(H,19,21). The van der Waals surface area contributed by atoms with Crippen molar-refractivity contribution in [1.82, 2.24) is 10.3 Å². The van der Waals surface area contributed by atoms with Crippen molar-refractivity contribution in [2.24, 2.45) is 0 Å². The average molecular weight is 355 g/mol. The van der Waals surface area contributed by atoms with E-state index in [9.17, 15) is 22.0 Å². The van der Waals surface area contributed by atoms with Gasteiger partial charge in [-0.15, -0.1) is 0 Å². The van der Waals surface area contributed by atoms with Crippen LogP contribution < -0.4 is 9.62 Å². The smallest absolute Gasteiger partial charge is 0.241 e. The van der Waals surface area contributed by atoms with Crippen LogP contribution in [0, 0.1) is 11.6 Å². The van der Waals surface area contributed by atoms with Crippen LogP contribution in [0.2, 0.25) is 0 Å². The lowest BCUT2D eigenvalue weighted by Gasteiger charge is -2.22. The van der Waals surface area contributed by atoms with Crippen molar-refractivity contribution < 1.29 is 22.0 Å². The highest BCUT2D eigenvalue weighted by atomic mass is 32.2. The number of sulfonamides is 1. The first-order valence-electron chi connectivity index (χ1n) is 6.86. The number of nitrogens with zero attached hydrogens (tertiary/aromatic N) is 2. The summed E-state index contributed by atoms with van der Waals surface area (Å²) in [6.07, 6.45) is 3.95. The molecule has 0 saturated carbocycles. The summed E-state index contributed by atoms with van der Waals surface area (Å²) in [5.74, 6) is -2.53. The van der Waals surface area contributed by atoms with Gasteiger partial charge in [0.1, 0.15) is 18.2 Å². The van der Waals surface area contributed by atoms with Crippen LogP contribution >= 0.6 is 0 Å². The van der Waals surface area contributed by atoms with Gasteiger partial charge in [0.2, 0.25) is 15.9 Å². The number of aromatic nitrogens is 1. The molecule has 1 amide bonds. The van der Waals surface area contributed by atoms with Crippen LogP contribution in [0.5, 0.6) is 0 Å². The predicted octanol–water partition coefficient (Wildman–Crippen LogP) is 1.44. The molecule has 128 valence electrons. The van der Waals surface area contributed by atoms with Crippen molar-refractivity contribution in [3.63, 3.8) is 0 Å². The zero-order valence-electron chi connectivity index (χ0n) is 12.7. The zero-order chi connectivity index (χ0) is 17.7. The Morgan fingerprint density at radius 3 is 2.46 bits per heavy atom. The molecule has 0 spiro atoms. The molecule has 2 aromatic rings. The van der Waals surface area contributed by atoms with Gasteiger partial charge in [-0.05, 0) is 29.8 Å². The molecule has 9 heteroatoms. The van der Waals surface area contributed by atoms with Crippen molar-refractivity contribution in [3.8, 4) is 0 Å². The highest BCUT2D eigenvalue weighted by Gasteiger charge is 2.23. The minimum Gasteiger partial charge on any atom is -0.350 e. The van der Waals surface area contributed by atoms with Crippen LogP contribution in [-0.2, 0) is 21.4 Å². The molecule has 24 heavy (non-hydrogen) atoms. The van der Waals surface area contributed by atoms with Crippen LogP contribution in [0.1, 0.15) is 5.56 Å². The first kappa shape index (κ1) is 17.8. The molecule has 1 N–H and O–H groups in total. The number of amides is 1. The number of halogens is 2. The number of nitrogens with one attached hydrogen (secondary N) is 1. The molecule has 2 rings (SSSR count). The number of rotatable bonds is 6. The van der Waals surface area contributed by atoms with E-state index in [2.05, 4.69) is 10.3 Å². The lowest BCUT2D eigenvalue weighted by molar-refractivity contribution is -0.119. The van der Waals surface area contributed by atoms with Crippen molar-refractivity contribution >= 4 is 21.6 Å². The van der Waals surface area contributed by atoms with Gasteiger partial charge in [0.05, 0.1) is 11.9 Å². The maximum atomic E-state index is 13.8. The Kier molecular flexibility index (Phi) is 5.45. The first-order valence-corrected chi connectivity index (χ1v) is 8.70. The number of hydrogen-bond acceptors (Lipinski definition) is 4. The van der Waals surface area contributed by atoms with Gasteiger partial charge in [-0.2, -0.15) is 0 Å². The van der Waals surface area contributed by atoms with E-state index in [1.165, 1.54) is 0 Å². The Balaban J connectivity index is 2.13. The maximum Gasteiger partial charge on any atom is 0.241 e. The second-order valence-corrected chi connectivity index (χ2v) is 6.90. The lowest BCUT2D eigenvalue weighted by Crippen LogP contribution is -2.40. The Hall–Kier alpha value is -2.55. The van der Waals surface area contributed by atoms with Crippen molar-refractivity contribution in [3.05, 3.63) is 59.9 Å². The summed E-state index contributed by atoms with van der Waals surface area (Å²) in [5, 5.41) is 2.53. The summed E-state index contributed by atoms with van der Waals surface area (Å²) in [5.41, 5.74) is 0.384. The normalized spacial score (nSPS) is 11.1. The number of carbonyl (C=O) groups excluding carboxylic acids is 1. The number of hydrogen-bond donors (Lipinski definition) is 1. The number of pyridine rings is 1. The van der Waals surface area contributed by atoms with E-state index in [0.29, 0.717) is 10.4 Å². The van der Waals surface area contributed by atoms with Crippen molar-refractivity contribution in [2.75, 3.05) is 17.1 Å². The molecule has 0 aliphatic carbocycles. The molecule has 0 radical (unpaired) electrons. The molecular formula is C15H15F2N3O3S. The summed E-state index contributed by atoms with van der Waals surface area (Å²) in [4.78, 5) is 15.8. The van der Waals surface area contributed by atoms with Crippen LogP contribution in [0.4, 0.5) is 14.5 Å². The number of anilines is 1. The fourth-order valence-electron chi connectivity index (χ4n) is 1.95. The van der Waals surface area contributed by atoms with Gasteiger partial charge >= 0.3 is 0 Å². The predicted molar refractivity (Wildman–Crippen MR) is 84.6 cm³/mol. The highest BCUT2D eigenvalue weighted by Crippen LogP contribution is 2.22. The van der Waals surface area contributed by atoms with Gasteiger partial charge in [-0.3, -0.25) is 14.1 Å². The summed E-state index contributed by atoms with van der Waals surface area (Å²) < 4.78 is 51.1. The molecule has 1 heterocycles. The summed E-state index contributed by atoms with van der Waals surface area (Å²) >= 11 is 0. The first-order chi connectivity index (χ1) is 11.3. The van der Waals surface area contributed by atoms with Crippen LogP contribution in [0.3, 0.4) is 0 Å². The van der Waals surface area contributed by atoms with Gasteiger partial charge < -0.3 is 5.32 Å². The van der Waals surface area contributed by atoms with E-state index in [4.69, 9.17) is 0 Å². The molecule has 0 bridgehead atoms. The molecule has 0 saturated heterocycles. The molecule has 0 aliphatic heterocycles. The second-order valence-electron chi connectivity index (χ2n) is 5.00. The van der Waals surface area contributed by atoms with Gasteiger partial charge in [0.25, 0.3) is 0 Å². The van der Waals surface area contributed by atoms with Crippen LogP contribution in [0.25, 0.3) is 0 Å². The van der Waals surface area contributed by atoms with E-state index < -0.39 is 39.8 Å². The quantitative estimate of drug-likeness (QED) is 0.850. The highest BCUT2D eigenvalue weighted by molar-refractivity contribution is 7.92. The monoisotopic (exact) mass is 355 g/mol. The summed E-state index contributed by atoms with van der Waals surface area (Å²) in [7, 11) is -3.93. The topological polar surface area (TPSA) is 79.4 Å². The van der Waals surface area contributed by atoms with Crippen molar-refractivity contribution in [2.45, 2.75) is 6.54 Å². The van der Waals surface area contributed by atoms with Crippen molar-refractivity contribution in [1.29, 1.82) is 0 Å². The third kappa shape index (κ3) is 4.72. The minimum atomic E-state index is -3.93. The summed E-state index contributed by atoms with van der Waals surface area (Å²) in [6.45, 7) is -0.447. The molecule has 0 atom stereocenters. The van der Waals surface area contributed by atoms with E-state index in [1.807, 2.05) is 0 Å². The Morgan fingerprint density at radius 1 is 1.21 bits per heavy atom. The Labute approximate surface area is 138 Å². The number of carbonyl (C=O) groups is 1. The minimum absolute atomic E-state index is 0.171. The molecule has 0 aliphatic rings. The van der Waals surface area contributed by atoms with Gasteiger partial charge in [-0.25, -0.2) is 17.2 Å². The van der Waals surface area contributed by atoms with Gasteiger partial charge in [0, 0.05) is 25.0 Å². The Morgan fingerprint density at radius 2 is 1.88 bits per heavy atom. The van der Waals surface area contributed by atoms with E-state index in [1.54, 1.807) is 24.5 Å². The molecule has 0 fully saturated rings. The van der Waals surface area contributed by atoms with E-state index >= 15 is 0 Å². The fraction of sp³-hybridized carbons (Fsp3) is 0.200. The Bertz CT molecular complexity index is 829. The fourth-order valence-corrected chi connectivity index (χ4v) is 2.81.